The van der Waals surface area contributed by atoms with Gasteiger partial charge in [-0.3, -0.25) is 0 Å². The second-order valence-corrected chi connectivity index (χ2v) is 2.84. The smallest absolute Gasteiger partial charge is 0.138 e. The van der Waals surface area contributed by atoms with E-state index >= 15 is 0 Å². The van der Waals surface area contributed by atoms with E-state index in [4.69, 9.17) is 26.8 Å². The summed E-state index contributed by atoms with van der Waals surface area (Å²) in [7, 11) is 1.59. The van der Waals surface area contributed by atoms with Crippen molar-refractivity contribution in [3.05, 3.63) is 23.2 Å². The molecule has 0 bridgehead atoms. The summed E-state index contributed by atoms with van der Waals surface area (Å²) in [4.78, 5) is 0. The third kappa shape index (κ3) is 3.62. The Labute approximate surface area is 94.5 Å². The number of methoxy groups -OCH3 is 1. The van der Waals surface area contributed by atoms with Gasteiger partial charge in [0.1, 0.15) is 18.1 Å². The highest BCUT2D eigenvalue weighted by Gasteiger charge is 2.02. The van der Waals surface area contributed by atoms with E-state index in [1.807, 2.05) is 0 Å². The summed E-state index contributed by atoms with van der Waals surface area (Å²) < 4.78 is 10.3. The minimum atomic E-state index is 0. The van der Waals surface area contributed by atoms with Crippen LogP contribution >= 0.6 is 24.0 Å². The molecule has 0 radical (unpaired) electrons. The van der Waals surface area contributed by atoms with Crippen LogP contribution in [0.5, 0.6) is 11.5 Å². The molecule has 0 amide bonds. The van der Waals surface area contributed by atoms with Crippen molar-refractivity contribution in [2.24, 2.45) is 5.73 Å². The number of hydrogen-bond acceptors (Lipinski definition) is 3. The summed E-state index contributed by atoms with van der Waals surface area (Å²) in [5.41, 5.74) is 5.29. The maximum atomic E-state index is 5.90. The minimum absolute atomic E-state index is 0. The van der Waals surface area contributed by atoms with Crippen LogP contribution in [0.4, 0.5) is 0 Å². The molecule has 0 aliphatic heterocycles. The summed E-state index contributed by atoms with van der Waals surface area (Å²) in [6.45, 7) is 0.939. The molecule has 0 aliphatic carbocycles. The van der Waals surface area contributed by atoms with Crippen molar-refractivity contribution < 1.29 is 9.47 Å². The van der Waals surface area contributed by atoms with Crippen molar-refractivity contribution in [3.8, 4) is 11.5 Å². The summed E-state index contributed by atoms with van der Waals surface area (Å²) in [5.74, 6) is 1.35. The lowest BCUT2D eigenvalue weighted by Gasteiger charge is -2.07. The Balaban J connectivity index is 0.00000169. The number of halogens is 2. The minimum Gasteiger partial charge on any atom is -0.497 e. The van der Waals surface area contributed by atoms with Gasteiger partial charge in [0.2, 0.25) is 0 Å². The van der Waals surface area contributed by atoms with Crippen molar-refractivity contribution in [2.45, 2.75) is 0 Å². The number of hydrogen-bond donors (Lipinski definition) is 1. The average molecular weight is 238 g/mol. The molecule has 1 aromatic carbocycles. The van der Waals surface area contributed by atoms with Crippen molar-refractivity contribution in [3.63, 3.8) is 0 Å². The highest BCUT2D eigenvalue weighted by Crippen LogP contribution is 2.28. The molecule has 0 aliphatic rings. The van der Waals surface area contributed by atoms with Crippen LogP contribution in [0.15, 0.2) is 18.2 Å². The summed E-state index contributed by atoms with van der Waals surface area (Å²) in [6.07, 6.45) is 0. The van der Waals surface area contributed by atoms with Gasteiger partial charge in [-0.05, 0) is 12.1 Å². The van der Waals surface area contributed by atoms with Crippen LogP contribution in [-0.4, -0.2) is 20.3 Å². The maximum absolute atomic E-state index is 5.90. The van der Waals surface area contributed by atoms with E-state index in [-0.39, 0.29) is 12.4 Å². The second-order valence-electron chi connectivity index (χ2n) is 2.43. The van der Waals surface area contributed by atoms with Crippen LogP contribution in [0.1, 0.15) is 0 Å². The molecule has 0 fully saturated rings. The van der Waals surface area contributed by atoms with Gasteiger partial charge in [0.25, 0.3) is 0 Å². The van der Waals surface area contributed by atoms with Crippen LogP contribution in [0.2, 0.25) is 5.02 Å². The Bertz CT molecular complexity index is 282. The van der Waals surface area contributed by atoms with Gasteiger partial charge in [-0.15, -0.1) is 12.4 Å². The fourth-order valence-electron chi connectivity index (χ4n) is 0.894. The normalized spacial score (nSPS) is 9.07. The molecule has 5 heteroatoms. The fourth-order valence-corrected chi connectivity index (χ4v) is 1.12. The first-order valence-electron chi connectivity index (χ1n) is 3.94. The molecule has 14 heavy (non-hydrogen) atoms. The van der Waals surface area contributed by atoms with Gasteiger partial charge in [-0.25, -0.2) is 0 Å². The van der Waals surface area contributed by atoms with Gasteiger partial charge in [0.15, 0.2) is 0 Å². The molecular formula is C9H13Cl2NO2. The second kappa shape index (κ2) is 6.76. The molecule has 0 spiro atoms. The predicted molar refractivity (Wildman–Crippen MR) is 59.8 cm³/mol. The van der Waals surface area contributed by atoms with Crippen LogP contribution in [0.25, 0.3) is 0 Å². The Morgan fingerprint density at radius 3 is 2.64 bits per heavy atom. The van der Waals surface area contributed by atoms with Gasteiger partial charge in [-0.2, -0.15) is 0 Å². The number of ether oxygens (including phenoxy) is 2. The molecule has 1 rings (SSSR count). The van der Waals surface area contributed by atoms with Crippen LogP contribution in [0, 0.1) is 0 Å². The van der Waals surface area contributed by atoms with Gasteiger partial charge < -0.3 is 15.2 Å². The molecule has 0 atom stereocenters. The Hall–Kier alpha value is -0.640. The zero-order valence-electron chi connectivity index (χ0n) is 7.83. The highest BCUT2D eigenvalue weighted by molar-refractivity contribution is 6.32. The molecule has 2 N–H and O–H groups in total. The third-order valence-corrected chi connectivity index (χ3v) is 1.81. The van der Waals surface area contributed by atoms with Crippen molar-refractivity contribution in [1.29, 1.82) is 0 Å². The number of rotatable bonds is 4. The zero-order valence-corrected chi connectivity index (χ0v) is 9.40. The van der Waals surface area contributed by atoms with E-state index in [1.165, 1.54) is 0 Å². The van der Waals surface area contributed by atoms with Gasteiger partial charge in [0, 0.05) is 12.6 Å². The lowest BCUT2D eigenvalue weighted by Crippen LogP contribution is -2.10. The largest absolute Gasteiger partial charge is 0.497 e. The molecule has 0 heterocycles. The first-order valence-corrected chi connectivity index (χ1v) is 4.32. The monoisotopic (exact) mass is 237 g/mol. The van der Waals surface area contributed by atoms with Crippen LogP contribution < -0.4 is 15.2 Å². The predicted octanol–water partition coefficient (Wildman–Crippen LogP) is 2.11. The summed E-state index contributed by atoms with van der Waals surface area (Å²) >= 11 is 5.90. The number of nitrogens with two attached hydrogens (primary N) is 1. The topological polar surface area (TPSA) is 44.5 Å². The van der Waals surface area contributed by atoms with Gasteiger partial charge in [-0.1, -0.05) is 11.6 Å². The molecule has 1 aromatic rings. The third-order valence-electron chi connectivity index (χ3n) is 1.51. The molecule has 0 saturated heterocycles. The lowest BCUT2D eigenvalue weighted by molar-refractivity contribution is 0.327. The Kier molecular flexibility index (Phi) is 6.45. The van der Waals surface area contributed by atoms with E-state index in [9.17, 15) is 0 Å². The van der Waals surface area contributed by atoms with Crippen LogP contribution in [-0.2, 0) is 0 Å². The zero-order chi connectivity index (χ0) is 9.68. The Morgan fingerprint density at radius 2 is 2.14 bits per heavy atom. The Morgan fingerprint density at radius 1 is 1.43 bits per heavy atom. The quantitative estimate of drug-likeness (QED) is 0.873. The first kappa shape index (κ1) is 13.4. The standard InChI is InChI=1S/C9H12ClNO2.ClH/c1-12-7-2-3-9(8(10)6-7)13-5-4-11;/h2-3,6H,4-5,11H2,1H3;1H. The highest BCUT2D eigenvalue weighted by atomic mass is 35.5. The SMILES string of the molecule is COc1ccc(OCCN)c(Cl)c1.Cl. The van der Waals surface area contributed by atoms with E-state index in [2.05, 4.69) is 0 Å². The molecule has 0 unspecified atom stereocenters. The van der Waals surface area contributed by atoms with Crippen molar-refractivity contribution >= 4 is 24.0 Å². The molecule has 3 nitrogen and oxygen atoms in total. The lowest BCUT2D eigenvalue weighted by atomic mass is 10.3. The maximum Gasteiger partial charge on any atom is 0.138 e. The first-order chi connectivity index (χ1) is 6.27. The molecule has 80 valence electrons. The number of benzene rings is 1. The fraction of sp³-hybridized carbons (Fsp3) is 0.333. The van der Waals surface area contributed by atoms with Gasteiger partial charge in [0.05, 0.1) is 12.1 Å². The van der Waals surface area contributed by atoms with E-state index in [0.717, 1.165) is 0 Å². The van der Waals surface area contributed by atoms with Crippen LogP contribution in [0.3, 0.4) is 0 Å². The van der Waals surface area contributed by atoms with E-state index in [1.54, 1.807) is 25.3 Å². The average Bonchev–Trinajstić information content (AvgIpc) is 2.16. The summed E-state index contributed by atoms with van der Waals surface area (Å²) in [5, 5.41) is 0.535. The molecular weight excluding hydrogens is 225 g/mol. The van der Waals surface area contributed by atoms with Crippen molar-refractivity contribution in [2.75, 3.05) is 20.3 Å². The molecule has 0 aromatic heterocycles. The van der Waals surface area contributed by atoms with E-state index < -0.39 is 0 Å². The summed E-state index contributed by atoms with van der Waals surface area (Å²) in [6, 6.07) is 5.25. The van der Waals surface area contributed by atoms with Crippen molar-refractivity contribution in [1.82, 2.24) is 0 Å². The van der Waals surface area contributed by atoms with Gasteiger partial charge >= 0.3 is 0 Å². The van der Waals surface area contributed by atoms with E-state index in [0.29, 0.717) is 29.7 Å². The molecule has 0 saturated carbocycles.